The largest absolute Gasteiger partial charge is 1.00 e. The van der Waals surface area contributed by atoms with Crippen molar-refractivity contribution in [2.24, 2.45) is 0 Å². The van der Waals surface area contributed by atoms with Gasteiger partial charge in [-0.25, -0.2) is 13.4 Å². The Bertz CT molecular complexity index is 1110. The van der Waals surface area contributed by atoms with Gasteiger partial charge in [0, 0.05) is 12.0 Å². The predicted molar refractivity (Wildman–Crippen MR) is 113 cm³/mol. The molecule has 6 heteroatoms. The van der Waals surface area contributed by atoms with E-state index in [0.717, 1.165) is 23.3 Å². The van der Waals surface area contributed by atoms with E-state index < -0.39 is 0 Å². The molecule has 1 aliphatic heterocycles. The average Bonchev–Trinajstić information content (AvgIpc) is 2.77. The number of ether oxygens (including phenoxy) is 2. The minimum Gasteiger partial charge on any atom is -1.00 e. The lowest BCUT2D eigenvalue weighted by Crippen LogP contribution is -3.00. The summed E-state index contributed by atoms with van der Waals surface area (Å²) in [4.78, 5) is 0. The smallest absolute Gasteiger partial charge is 0.188 e. The minimum atomic E-state index is -0.247. The van der Waals surface area contributed by atoms with Crippen LogP contribution in [0.2, 0.25) is 0 Å². The zero-order valence-electron chi connectivity index (χ0n) is 17.5. The molecule has 0 amide bonds. The van der Waals surface area contributed by atoms with Crippen molar-refractivity contribution in [2.45, 2.75) is 19.4 Å². The van der Waals surface area contributed by atoms with E-state index in [2.05, 4.69) is 4.58 Å². The molecule has 3 nitrogen and oxygen atoms in total. The molecule has 0 bridgehead atoms. The first-order valence-corrected chi connectivity index (χ1v) is 9.93. The van der Waals surface area contributed by atoms with E-state index in [-0.39, 0.29) is 24.0 Å². The summed E-state index contributed by atoms with van der Waals surface area (Å²) in [6.07, 6.45) is 1.19. The minimum absolute atomic E-state index is 0. The van der Waals surface area contributed by atoms with Gasteiger partial charge in [0.25, 0.3) is 0 Å². The summed E-state index contributed by atoms with van der Waals surface area (Å²) in [6, 6.07) is 17.5. The Morgan fingerprint density at radius 3 is 2.03 bits per heavy atom. The lowest BCUT2D eigenvalue weighted by molar-refractivity contribution is -0.545. The summed E-state index contributed by atoms with van der Waals surface area (Å²) in [5, 5.41) is 0. The standard InChI is InChI=1S/C25H24F2NO2.ClH/c1-29-24-14-17-11-12-28(16-19-8-4-6-10-22(19)27)23(20(17)15-25(24)30-2)13-18-7-3-5-9-21(18)26;/h3-10,14-15H,11-13,16H2,1-2H3;1H/q+1;/p-1. The summed E-state index contributed by atoms with van der Waals surface area (Å²) >= 11 is 0. The molecular weight excluding hydrogens is 420 g/mol. The number of benzene rings is 3. The Hall–Kier alpha value is -2.92. The second-order valence-electron chi connectivity index (χ2n) is 7.34. The molecule has 1 aliphatic rings. The van der Waals surface area contributed by atoms with E-state index in [1.807, 2.05) is 24.3 Å². The van der Waals surface area contributed by atoms with Gasteiger partial charge < -0.3 is 21.9 Å². The van der Waals surface area contributed by atoms with E-state index in [4.69, 9.17) is 9.47 Å². The molecule has 0 aliphatic carbocycles. The van der Waals surface area contributed by atoms with Crippen LogP contribution in [0.15, 0.2) is 60.7 Å². The van der Waals surface area contributed by atoms with Gasteiger partial charge in [0.15, 0.2) is 23.8 Å². The molecule has 4 rings (SSSR count). The molecule has 0 atom stereocenters. The van der Waals surface area contributed by atoms with E-state index >= 15 is 0 Å². The van der Waals surface area contributed by atoms with E-state index in [9.17, 15) is 8.78 Å². The Morgan fingerprint density at radius 1 is 0.839 bits per heavy atom. The van der Waals surface area contributed by atoms with Gasteiger partial charge in [-0.15, -0.1) is 0 Å². The van der Waals surface area contributed by atoms with Gasteiger partial charge in [-0.05, 0) is 41.5 Å². The highest BCUT2D eigenvalue weighted by Crippen LogP contribution is 2.33. The molecule has 0 N–H and O–H groups in total. The lowest BCUT2D eigenvalue weighted by Gasteiger charge is -2.21. The van der Waals surface area contributed by atoms with E-state index in [0.29, 0.717) is 42.1 Å². The zero-order chi connectivity index (χ0) is 21.1. The summed E-state index contributed by atoms with van der Waals surface area (Å²) in [5.41, 5.74) is 4.27. The van der Waals surface area contributed by atoms with Crippen LogP contribution in [0.3, 0.4) is 0 Å². The predicted octanol–water partition coefficient (Wildman–Crippen LogP) is 1.79. The molecule has 162 valence electrons. The summed E-state index contributed by atoms with van der Waals surface area (Å²) in [7, 11) is 3.21. The summed E-state index contributed by atoms with van der Waals surface area (Å²) < 4.78 is 41.9. The van der Waals surface area contributed by atoms with Crippen LogP contribution in [-0.4, -0.2) is 31.1 Å². The third-order valence-electron chi connectivity index (χ3n) is 5.59. The molecule has 0 unspecified atom stereocenters. The maximum absolute atomic E-state index is 14.5. The third-order valence-corrected chi connectivity index (χ3v) is 5.59. The third kappa shape index (κ3) is 4.72. The normalized spacial score (nSPS) is 12.8. The molecule has 0 saturated heterocycles. The molecule has 0 fully saturated rings. The fourth-order valence-corrected chi connectivity index (χ4v) is 3.99. The molecule has 31 heavy (non-hydrogen) atoms. The summed E-state index contributed by atoms with van der Waals surface area (Å²) in [6.45, 7) is 1.13. The van der Waals surface area contributed by atoms with Gasteiger partial charge >= 0.3 is 0 Å². The number of hydrogen-bond donors (Lipinski definition) is 0. The number of nitrogens with zero attached hydrogens (tertiary/aromatic N) is 1. The van der Waals surface area contributed by atoms with Crippen molar-refractivity contribution >= 4 is 5.71 Å². The van der Waals surface area contributed by atoms with Gasteiger partial charge in [0.1, 0.15) is 18.2 Å². The molecule has 0 radical (unpaired) electrons. The lowest BCUT2D eigenvalue weighted by atomic mass is 9.91. The highest BCUT2D eigenvalue weighted by atomic mass is 35.5. The van der Waals surface area contributed by atoms with Crippen LogP contribution in [0.5, 0.6) is 11.5 Å². The zero-order valence-corrected chi connectivity index (χ0v) is 18.3. The number of rotatable bonds is 6. The molecule has 0 aromatic heterocycles. The first kappa shape index (κ1) is 22.8. The van der Waals surface area contributed by atoms with E-state index in [1.165, 1.54) is 12.1 Å². The van der Waals surface area contributed by atoms with Crippen molar-refractivity contribution in [1.29, 1.82) is 0 Å². The first-order valence-electron chi connectivity index (χ1n) is 9.93. The maximum atomic E-state index is 14.5. The Morgan fingerprint density at radius 2 is 1.42 bits per heavy atom. The molecule has 1 heterocycles. The number of hydrogen-bond acceptors (Lipinski definition) is 2. The molecule has 3 aromatic rings. The van der Waals surface area contributed by atoms with Crippen molar-refractivity contribution in [2.75, 3.05) is 20.8 Å². The topological polar surface area (TPSA) is 21.5 Å². The van der Waals surface area contributed by atoms with Crippen LogP contribution in [0.4, 0.5) is 8.78 Å². The summed E-state index contributed by atoms with van der Waals surface area (Å²) in [5.74, 6) is 0.809. The monoisotopic (exact) mass is 443 g/mol. The van der Waals surface area contributed by atoms with Crippen LogP contribution in [0.25, 0.3) is 0 Å². The Balaban J connectivity index is 0.00000272. The van der Waals surface area contributed by atoms with Crippen LogP contribution in [-0.2, 0) is 19.4 Å². The SMILES string of the molecule is COc1cc2c(cc1OC)C(Cc1ccccc1F)=[N+](Cc1ccccc1F)CC2.[Cl-]. The highest BCUT2D eigenvalue weighted by molar-refractivity contribution is 6.00. The molecule has 0 saturated carbocycles. The Kier molecular flexibility index (Phi) is 7.29. The van der Waals surface area contributed by atoms with Crippen molar-refractivity contribution in [1.82, 2.24) is 0 Å². The van der Waals surface area contributed by atoms with Crippen molar-refractivity contribution in [3.63, 3.8) is 0 Å². The second-order valence-corrected chi connectivity index (χ2v) is 7.34. The second kappa shape index (κ2) is 9.92. The first-order chi connectivity index (χ1) is 14.6. The van der Waals surface area contributed by atoms with Crippen LogP contribution in [0, 0.1) is 11.6 Å². The number of fused-ring (bicyclic) bond motifs is 1. The van der Waals surface area contributed by atoms with Crippen molar-refractivity contribution in [3.8, 4) is 11.5 Å². The fourth-order valence-electron chi connectivity index (χ4n) is 3.99. The van der Waals surface area contributed by atoms with Crippen LogP contribution < -0.4 is 21.9 Å². The van der Waals surface area contributed by atoms with Gasteiger partial charge in [0.05, 0.1) is 26.2 Å². The average molecular weight is 444 g/mol. The van der Waals surface area contributed by atoms with Crippen LogP contribution in [0.1, 0.15) is 22.3 Å². The molecule has 3 aromatic carbocycles. The van der Waals surface area contributed by atoms with Gasteiger partial charge in [-0.3, -0.25) is 0 Å². The quantitative estimate of drug-likeness (QED) is 0.542. The number of methoxy groups -OCH3 is 2. The molecule has 0 spiro atoms. The number of halogens is 3. The molecular formula is C25H24ClF2NO2. The highest BCUT2D eigenvalue weighted by Gasteiger charge is 2.29. The van der Waals surface area contributed by atoms with Gasteiger partial charge in [-0.2, -0.15) is 0 Å². The van der Waals surface area contributed by atoms with E-state index in [1.54, 1.807) is 38.5 Å². The fraction of sp³-hybridized carbons (Fsp3) is 0.240. The van der Waals surface area contributed by atoms with Gasteiger partial charge in [0.2, 0.25) is 0 Å². The van der Waals surface area contributed by atoms with Crippen molar-refractivity contribution < 1.29 is 35.2 Å². The maximum Gasteiger partial charge on any atom is 0.188 e. The van der Waals surface area contributed by atoms with Crippen LogP contribution >= 0.6 is 0 Å². The Labute approximate surface area is 187 Å². The van der Waals surface area contributed by atoms with Crippen molar-refractivity contribution in [3.05, 3.63) is 94.6 Å². The van der Waals surface area contributed by atoms with Gasteiger partial charge in [-0.1, -0.05) is 30.3 Å².